The molecule has 12 heavy (non-hydrogen) atoms. The van der Waals surface area contributed by atoms with Gasteiger partial charge in [0.1, 0.15) is 0 Å². The number of hydrogen-bond acceptors (Lipinski definition) is 2. The molecule has 2 nitrogen and oxygen atoms in total. The van der Waals surface area contributed by atoms with Gasteiger partial charge in [0.25, 0.3) is 0 Å². The van der Waals surface area contributed by atoms with Crippen LogP contribution < -0.4 is 0 Å². The van der Waals surface area contributed by atoms with Crippen LogP contribution in [0.15, 0.2) is 0 Å². The Balaban J connectivity index is 4.13. The molecule has 0 aromatic carbocycles. The summed E-state index contributed by atoms with van der Waals surface area (Å²) in [4.78, 5) is 10.5. The lowest BCUT2D eigenvalue weighted by Gasteiger charge is -2.30. The summed E-state index contributed by atoms with van der Waals surface area (Å²) >= 11 is 4.38. The Kier molecular flexibility index (Phi) is 3.63. The fraction of sp³-hybridized carbons (Fsp3) is 0.889. The van der Waals surface area contributed by atoms with Crippen molar-refractivity contribution >= 4 is 18.6 Å². The fourth-order valence-corrected chi connectivity index (χ4v) is 2.07. The van der Waals surface area contributed by atoms with Gasteiger partial charge in [-0.1, -0.05) is 27.7 Å². The molecular weight excluding hydrogens is 172 g/mol. The van der Waals surface area contributed by atoms with Crippen molar-refractivity contribution in [2.45, 2.75) is 45.3 Å². The molecule has 1 N–H and O–H groups in total. The molecule has 0 saturated heterocycles. The predicted octanol–water partition coefficient (Wildman–Crippen LogP) is 2.59. The van der Waals surface area contributed by atoms with E-state index in [1.54, 1.807) is 0 Å². The first-order valence-electron chi connectivity index (χ1n) is 4.07. The van der Waals surface area contributed by atoms with E-state index in [0.29, 0.717) is 0 Å². The van der Waals surface area contributed by atoms with Gasteiger partial charge in [-0.05, 0) is 11.8 Å². The Morgan fingerprint density at radius 1 is 1.33 bits per heavy atom. The Morgan fingerprint density at radius 2 is 1.75 bits per heavy atom. The minimum absolute atomic E-state index is 0.0983. The van der Waals surface area contributed by atoms with E-state index in [2.05, 4.69) is 12.6 Å². The maximum absolute atomic E-state index is 10.5. The van der Waals surface area contributed by atoms with Crippen LogP contribution in [-0.2, 0) is 4.79 Å². The highest BCUT2D eigenvalue weighted by Crippen LogP contribution is 2.34. The van der Waals surface area contributed by atoms with E-state index in [4.69, 9.17) is 5.11 Å². The number of rotatable bonds is 4. The van der Waals surface area contributed by atoms with Gasteiger partial charge in [-0.3, -0.25) is 4.79 Å². The van der Waals surface area contributed by atoms with E-state index < -0.39 is 5.97 Å². The van der Waals surface area contributed by atoms with E-state index in [0.717, 1.165) is 6.42 Å². The maximum atomic E-state index is 10.5. The third kappa shape index (κ3) is 6.53. The molecule has 0 aliphatic carbocycles. The van der Waals surface area contributed by atoms with Gasteiger partial charge >= 0.3 is 5.97 Å². The molecule has 0 fully saturated rings. The lowest BCUT2D eigenvalue weighted by Crippen LogP contribution is -2.26. The third-order valence-electron chi connectivity index (χ3n) is 1.54. The summed E-state index contributed by atoms with van der Waals surface area (Å²) in [5.74, 6) is -0.738. The van der Waals surface area contributed by atoms with Crippen molar-refractivity contribution in [2.24, 2.45) is 5.41 Å². The highest BCUT2D eigenvalue weighted by molar-refractivity contribution is 7.81. The van der Waals surface area contributed by atoms with Crippen LogP contribution in [0.4, 0.5) is 0 Å². The topological polar surface area (TPSA) is 37.3 Å². The van der Waals surface area contributed by atoms with Crippen molar-refractivity contribution in [2.75, 3.05) is 0 Å². The molecular formula is C9H18O2S. The summed E-state index contributed by atoms with van der Waals surface area (Å²) in [5, 5.41) is 8.62. The van der Waals surface area contributed by atoms with Crippen molar-refractivity contribution in [1.29, 1.82) is 0 Å². The summed E-state index contributed by atoms with van der Waals surface area (Å²) in [5.41, 5.74) is -0.170. The zero-order chi connectivity index (χ0) is 9.99. The first-order valence-corrected chi connectivity index (χ1v) is 4.51. The molecule has 0 radical (unpaired) electrons. The zero-order valence-electron chi connectivity index (χ0n) is 8.22. The molecule has 0 rings (SSSR count). The van der Waals surface area contributed by atoms with Crippen LogP contribution in [0.25, 0.3) is 0 Å². The van der Waals surface area contributed by atoms with Crippen LogP contribution in [0.5, 0.6) is 0 Å². The third-order valence-corrected chi connectivity index (χ3v) is 1.70. The van der Waals surface area contributed by atoms with Crippen molar-refractivity contribution in [3.8, 4) is 0 Å². The van der Waals surface area contributed by atoms with Crippen LogP contribution in [0.1, 0.15) is 40.5 Å². The second kappa shape index (κ2) is 3.69. The van der Waals surface area contributed by atoms with E-state index in [1.807, 2.05) is 27.7 Å². The van der Waals surface area contributed by atoms with Crippen molar-refractivity contribution in [3.05, 3.63) is 0 Å². The van der Waals surface area contributed by atoms with Gasteiger partial charge < -0.3 is 5.11 Å². The lowest BCUT2D eigenvalue weighted by molar-refractivity contribution is -0.139. The Morgan fingerprint density at radius 3 is 2.00 bits per heavy atom. The Bertz CT molecular complexity index is 168. The lowest BCUT2D eigenvalue weighted by atomic mass is 9.81. The van der Waals surface area contributed by atoms with E-state index in [-0.39, 0.29) is 16.6 Å². The van der Waals surface area contributed by atoms with Crippen LogP contribution in [-0.4, -0.2) is 15.8 Å². The van der Waals surface area contributed by atoms with Gasteiger partial charge in [0.2, 0.25) is 0 Å². The molecule has 0 unspecified atom stereocenters. The summed E-state index contributed by atoms with van der Waals surface area (Å²) in [7, 11) is 0. The number of aliphatic carboxylic acids is 1. The smallest absolute Gasteiger partial charge is 0.303 e. The fourth-order valence-electron chi connectivity index (χ4n) is 1.64. The number of hydrogen-bond donors (Lipinski definition) is 2. The van der Waals surface area contributed by atoms with Gasteiger partial charge in [-0.25, -0.2) is 0 Å². The Hall–Kier alpha value is -0.180. The summed E-state index contributed by atoms with van der Waals surface area (Å²) in [6.45, 7) is 7.91. The maximum Gasteiger partial charge on any atom is 0.303 e. The number of carboxylic acid groups (broad SMARTS) is 1. The quantitative estimate of drug-likeness (QED) is 0.669. The molecule has 0 heterocycles. The summed E-state index contributed by atoms with van der Waals surface area (Å²) < 4.78 is -0.0983. The Labute approximate surface area is 79.8 Å². The SMILES string of the molecule is CC(C)(S)CC(C)(C)CC(=O)O. The van der Waals surface area contributed by atoms with Crippen LogP contribution in [0, 0.1) is 5.41 Å². The largest absolute Gasteiger partial charge is 0.481 e. The molecule has 0 amide bonds. The van der Waals surface area contributed by atoms with E-state index >= 15 is 0 Å². The average molecular weight is 190 g/mol. The predicted molar refractivity (Wildman–Crippen MR) is 53.7 cm³/mol. The molecule has 0 aliphatic heterocycles. The number of carboxylic acids is 1. The van der Waals surface area contributed by atoms with Gasteiger partial charge in [-0.2, -0.15) is 12.6 Å². The van der Waals surface area contributed by atoms with Crippen molar-refractivity contribution in [1.82, 2.24) is 0 Å². The first kappa shape index (κ1) is 11.8. The molecule has 0 aromatic heterocycles. The van der Waals surface area contributed by atoms with Gasteiger partial charge in [-0.15, -0.1) is 0 Å². The normalized spacial score (nSPS) is 13.1. The molecule has 0 spiro atoms. The second-order valence-corrected chi connectivity index (χ2v) is 5.93. The molecule has 0 aromatic rings. The zero-order valence-corrected chi connectivity index (χ0v) is 9.11. The number of carbonyl (C=O) groups is 1. The summed E-state index contributed by atoms with van der Waals surface area (Å²) in [6.07, 6.45) is 1.01. The molecule has 3 heteroatoms. The average Bonchev–Trinajstić information content (AvgIpc) is 1.48. The van der Waals surface area contributed by atoms with Gasteiger partial charge in [0.15, 0.2) is 0 Å². The monoisotopic (exact) mass is 190 g/mol. The summed E-state index contributed by atoms with van der Waals surface area (Å²) in [6, 6.07) is 0. The molecule has 0 atom stereocenters. The van der Waals surface area contributed by atoms with E-state index in [1.165, 1.54) is 0 Å². The van der Waals surface area contributed by atoms with Crippen LogP contribution >= 0.6 is 12.6 Å². The van der Waals surface area contributed by atoms with E-state index in [9.17, 15) is 4.79 Å². The van der Waals surface area contributed by atoms with Crippen molar-refractivity contribution in [3.63, 3.8) is 0 Å². The molecule has 0 saturated carbocycles. The first-order chi connectivity index (χ1) is 5.12. The second-order valence-electron chi connectivity index (χ2n) is 4.72. The van der Waals surface area contributed by atoms with Gasteiger partial charge in [0, 0.05) is 4.75 Å². The van der Waals surface area contributed by atoms with Crippen molar-refractivity contribution < 1.29 is 9.90 Å². The minimum Gasteiger partial charge on any atom is -0.481 e. The molecule has 0 bridgehead atoms. The standard InChI is InChI=1S/C9H18O2S/c1-8(2,5-7(10)11)6-9(3,4)12/h12H,5-6H2,1-4H3,(H,10,11). The number of thiol groups is 1. The minimum atomic E-state index is -0.738. The van der Waals surface area contributed by atoms with Crippen LogP contribution in [0.3, 0.4) is 0 Å². The highest BCUT2D eigenvalue weighted by atomic mass is 32.1. The van der Waals surface area contributed by atoms with Crippen LogP contribution in [0.2, 0.25) is 0 Å². The van der Waals surface area contributed by atoms with Gasteiger partial charge in [0.05, 0.1) is 6.42 Å². The molecule has 0 aliphatic rings. The highest BCUT2D eigenvalue weighted by Gasteiger charge is 2.28. The molecule has 72 valence electrons.